The van der Waals surface area contributed by atoms with Gasteiger partial charge in [-0.1, -0.05) is 91.0 Å². The van der Waals surface area contributed by atoms with Crippen molar-refractivity contribution in [3.8, 4) is 0 Å². The van der Waals surface area contributed by atoms with Crippen LogP contribution in [0.2, 0.25) is 0 Å². The van der Waals surface area contributed by atoms with E-state index >= 15 is 0 Å². The van der Waals surface area contributed by atoms with E-state index in [1.54, 1.807) is 7.11 Å². The summed E-state index contributed by atoms with van der Waals surface area (Å²) in [5.41, 5.74) is 1.41. The van der Waals surface area contributed by atoms with E-state index in [2.05, 4.69) is 0 Å². The van der Waals surface area contributed by atoms with Gasteiger partial charge in [0.1, 0.15) is 23.9 Å². The van der Waals surface area contributed by atoms with Crippen molar-refractivity contribution in [1.29, 1.82) is 0 Å². The summed E-state index contributed by atoms with van der Waals surface area (Å²) in [6.07, 6.45) is -0.282. The molecule has 8 nitrogen and oxygen atoms in total. The topological polar surface area (TPSA) is 101 Å². The Morgan fingerprint density at radius 3 is 2.02 bits per heavy atom. The van der Waals surface area contributed by atoms with Gasteiger partial charge in [-0.3, -0.25) is 9.59 Å². The fraction of sp³-hybridized carbons (Fsp3) is 0.405. The van der Waals surface area contributed by atoms with E-state index in [4.69, 9.17) is 23.7 Å². The minimum Gasteiger partial charge on any atom is -0.493 e. The maximum absolute atomic E-state index is 14.0. The number of allylic oxidation sites excluding steroid dienone is 1. The number of carbonyl (C=O) groups is 2. The Morgan fingerprint density at radius 1 is 0.867 bits per heavy atom. The van der Waals surface area contributed by atoms with Crippen LogP contribution >= 0.6 is 0 Å². The standard InChI is InChI=1S/C37H42O8/c1-41-31(25-43-22-26-12-6-3-7-13-26)35(45-24-28-16-10-5-11-17-28)33-30(44-23-27-14-8-4-9-15-27)20-21-37(36(40)42-2)32(39)19-18-29(38)34(33)37/h3-17,20,31-35,39H,18-19,21-25H2,1-2H3/t31-,32+,33+,34-,35-,37-/m1/s1. The summed E-state index contributed by atoms with van der Waals surface area (Å²) in [5.74, 6) is -1.96. The molecule has 0 spiro atoms. The molecule has 0 heterocycles. The number of aliphatic hydroxyl groups excluding tert-OH is 1. The molecule has 6 atom stereocenters. The summed E-state index contributed by atoms with van der Waals surface area (Å²) in [6.45, 7) is 0.992. The summed E-state index contributed by atoms with van der Waals surface area (Å²) in [6, 6.07) is 29.3. The Bertz CT molecular complexity index is 1410. The molecule has 0 unspecified atom stereocenters. The van der Waals surface area contributed by atoms with Crippen LogP contribution in [0.3, 0.4) is 0 Å². The molecule has 238 valence electrons. The summed E-state index contributed by atoms with van der Waals surface area (Å²) < 4.78 is 30.6. The van der Waals surface area contributed by atoms with E-state index < -0.39 is 41.5 Å². The average molecular weight is 615 g/mol. The van der Waals surface area contributed by atoms with Gasteiger partial charge in [-0.05, 0) is 35.6 Å². The fourth-order valence-corrected chi connectivity index (χ4v) is 6.70. The molecule has 0 bridgehead atoms. The number of hydrogen-bond acceptors (Lipinski definition) is 8. The normalized spacial score (nSPS) is 24.2. The lowest BCUT2D eigenvalue weighted by Gasteiger charge is -2.51. The van der Waals surface area contributed by atoms with Crippen LogP contribution in [0.25, 0.3) is 0 Å². The lowest BCUT2D eigenvalue weighted by Crippen LogP contribution is -2.61. The van der Waals surface area contributed by atoms with E-state index in [1.807, 2.05) is 97.1 Å². The van der Waals surface area contributed by atoms with E-state index in [0.29, 0.717) is 12.4 Å². The van der Waals surface area contributed by atoms with Gasteiger partial charge >= 0.3 is 5.97 Å². The van der Waals surface area contributed by atoms with Gasteiger partial charge in [0, 0.05) is 19.4 Å². The third-order valence-electron chi connectivity index (χ3n) is 9.01. The predicted molar refractivity (Wildman–Crippen MR) is 168 cm³/mol. The van der Waals surface area contributed by atoms with Crippen LogP contribution in [-0.4, -0.2) is 56.0 Å². The SMILES string of the molecule is COC(=O)[C@@]12CC=C(OCc3ccccc3)[C@H]([C@H](OCc3ccccc3)[C@@H](COCc3ccccc3)OC)[C@H]1C(=O)CC[C@@H]2O. The number of ketones is 1. The van der Waals surface area contributed by atoms with Gasteiger partial charge in [0.15, 0.2) is 0 Å². The largest absolute Gasteiger partial charge is 0.493 e. The molecule has 3 aromatic carbocycles. The molecular formula is C37H42O8. The van der Waals surface area contributed by atoms with Gasteiger partial charge in [0.05, 0.1) is 50.8 Å². The number of esters is 1. The molecule has 8 heteroatoms. The van der Waals surface area contributed by atoms with Crippen molar-refractivity contribution >= 4 is 11.8 Å². The van der Waals surface area contributed by atoms with Crippen LogP contribution in [0, 0.1) is 17.3 Å². The first-order chi connectivity index (χ1) is 22.0. The van der Waals surface area contributed by atoms with Crippen LogP contribution in [-0.2, 0) is 53.1 Å². The maximum Gasteiger partial charge on any atom is 0.315 e. The second kappa shape index (κ2) is 15.5. The van der Waals surface area contributed by atoms with Crippen molar-refractivity contribution in [3.63, 3.8) is 0 Å². The van der Waals surface area contributed by atoms with Gasteiger partial charge in [0.25, 0.3) is 0 Å². The van der Waals surface area contributed by atoms with E-state index in [1.165, 1.54) is 7.11 Å². The molecule has 0 saturated heterocycles. The highest BCUT2D eigenvalue weighted by Crippen LogP contribution is 2.54. The van der Waals surface area contributed by atoms with Gasteiger partial charge in [-0.2, -0.15) is 0 Å². The van der Waals surface area contributed by atoms with Crippen molar-refractivity contribution in [2.24, 2.45) is 17.3 Å². The third-order valence-corrected chi connectivity index (χ3v) is 9.01. The number of fused-ring (bicyclic) bond motifs is 1. The van der Waals surface area contributed by atoms with Crippen LogP contribution in [0.5, 0.6) is 0 Å². The van der Waals surface area contributed by atoms with Crippen molar-refractivity contribution in [2.45, 2.75) is 57.4 Å². The van der Waals surface area contributed by atoms with Gasteiger partial charge < -0.3 is 28.8 Å². The maximum atomic E-state index is 14.0. The molecule has 3 aromatic rings. The second-order valence-corrected chi connectivity index (χ2v) is 11.7. The highest BCUT2D eigenvalue weighted by Gasteiger charge is 2.63. The van der Waals surface area contributed by atoms with Crippen LogP contribution in [0.15, 0.2) is 103 Å². The Balaban J connectivity index is 1.54. The number of carbonyl (C=O) groups excluding carboxylic acids is 2. The number of hydrogen-bond donors (Lipinski definition) is 1. The predicted octanol–water partition coefficient (Wildman–Crippen LogP) is 5.42. The Labute approximate surface area is 264 Å². The minimum absolute atomic E-state index is 0.103. The molecule has 0 aliphatic heterocycles. The highest BCUT2D eigenvalue weighted by atomic mass is 16.6. The van der Waals surface area contributed by atoms with Gasteiger partial charge in [-0.15, -0.1) is 0 Å². The summed E-state index contributed by atoms with van der Waals surface area (Å²) in [4.78, 5) is 27.6. The molecular weight excluding hydrogens is 572 g/mol. The Kier molecular flexibility index (Phi) is 11.2. The van der Waals surface area contributed by atoms with Crippen molar-refractivity contribution in [3.05, 3.63) is 120 Å². The first-order valence-electron chi connectivity index (χ1n) is 15.4. The van der Waals surface area contributed by atoms with Gasteiger partial charge in [-0.25, -0.2) is 0 Å². The smallest absolute Gasteiger partial charge is 0.315 e. The first-order valence-corrected chi connectivity index (χ1v) is 15.4. The quantitative estimate of drug-likeness (QED) is 0.240. The molecule has 5 rings (SSSR count). The number of Topliss-reactive ketones (excluding diaryl/α,β-unsaturated/α-hetero) is 1. The van der Waals surface area contributed by atoms with Crippen molar-refractivity contribution in [1.82, 2.24) is 0 Å². The van der Waals surface area contributed by atoms with Crippen LogP contribution < -0.4 is 0 Å². The number of methoxy groups -OCH3 is 2. The molecule has 2 aliphatic rings. The minimum atomic E-state index is -1.48. The molecule has 0 aromatic heterocycles. The summed E-state index contributed by atoms with van der Waals surface area (Å²) in [5, 5.41) is 11.4. The zero-order valence-corrected chi connectivity index (χ0v) is 25.9. The summed E-state index contributed by atoms with van der Waals surface area (Å²) in [7, 11) is 2.87. The number of benzene rings is 3. The van der Waals surface area contributed by atoms with Crippen LogP contribution in [0.1, 0.15) is 36.0 Å². The lowest BCUT2D eigenvalue weighted by atomic mass is 9.54. The zero-order valence-electron chi connectivity index (χ0n) is 25.9. The van der Waals surface area contributed by atoms with Crippen molar-refractivity contribution in [2.75, 3.05) is 20.8 Å². The summed E-state index contributed by atoms with van der Waals surface area (Å²) >= 11 is 0. The van der Waals surface area contributed by atoms with Crippen molar-refractivity contribution < 1.29 is 38.4 Å². The fourth-order valence-electron chi connectivity index (χ4n) is 6.70. The monoisotopic (exact) mass is 614 g/mol. The second-order valence-electron chi connectivity index (χ2n) is 11.7. The zero-order chi connectivity index (χ0) is 31.6. The molecule has 0 amide bonds. The molecule has 45 heavy (non-hydrogen) atoms. The molecule has 0 radical (unpaired) electrons. The van der Waals surface area contributed by atoms with E-state index in [-0.39, 0.29) is 44.9 Å². The number of aliphatic hydroxyl groups is 1. The molecule has 1 fully saturated rings. The van der Waals surface area contributed by atoms with Gasteiger partial charge in [0.2, 0.25) is 0 Å². The Morgan fingerprint density at radius 2 is 1.44 bits per heavy atom. The van der Waals surface area contributed by atoms with E-state index in [9.17, 15) is 14.7 Å². The molecule has 2 aliphatic carbocycles. The van der Waals surface area contributed by atoms with Crippen LogP contribution in [0.4, 0.5) is 0 Å². The molecule has 1 saturated carbocycles. The number of rotatable bonds is 14. The molecule has 1 N–H and O–H groups in total. The Hall–Kier alpha value is -3.82. The van der Waals surface area contributed by atoms with E-state index in [0.717, 1.165) is 16.7 Å². The average Bonchev–Trinajstić information content (AvgIpc) is 3.09. The lowest BCUT2D eigenvalue weighted by molar-refractivity contribution is -0.191. The third kappa shape index (κ3) is 7.36. The number of ether oxygens (including phenoxy) is 5. The first kappa shape index (κ1) is 32.6. The highest BCUT2D eigenvalue weighted by molar-refractivity contribution is 5.92.